The van der Waals surface area contributed by atoms with Crippen LogP contribution in [0, 0.1) is 28.9 Å². The third-order valence-corrected chi connectivity index (χ3v) is 8.78. The number of nitriles is 1. The largest absolute Gasteiger partial charge is 0.457 e. The van der Waals surface area contributed by atoms with Crippen LogP contribution in [0.3, 0.4) is 0 Å². The van der Waals surface area contributed by atoms with Crippen molar-refractivity contribution in [3.05, 3.63) is 87.8 Å². The van der Waals surface area contributed by atoms with Crippen molar-refractivity contribution in [2.75, 3.05) is 38.0 Å². The Morgan fingerprint density at radius 2 is 1.88 bits per heavy atom. The number of nitrogens with one attached hydrogen (secondary N) is 2. The minimum atomic E-state index is -0.627. The molecular weight excluding hydrogens is 546 g/mol. The molecule has 0 aromatic heterocycles. The molecule has 2 N–H and O–H groups in total. The Labute approximate surface area is 252 Å². The standard InChI is InChI=1S/C34H38F2N6O/c1-4-41-12-14-42(15-13-41)20-23-7-9-24(10-8-23)39-34-26(19-37)33(22(3)6-5-11-38-34)43-29-18-27(35)30-25(31(29)36)16-21(2)17-28-32(30)40-28/h5,7-11,16,18,22,28,32,40H,4,6,12-15,17,20H2,1-3H3,(H,38,39)/t22?,28-,32?/m1/s1. The number of nitrogens with zero attached hydrogens (tertiary/aromatic N) is 4. The van der Waals surface area contributed by atoms with Crippen molar-refractivity contribution in [2.45, 2.75) is 52.2 Å². The van der Waals surface area contributed by atoms with E-state index in [1.165, 1.54) is 5.56 Å². The van der Waals surface area contributed by atoms with Gasteiger partial charge in [-0.1, -0.05) is 43.7 Å². The number of fused-ring (bicyclic) bond motifs is 3. The van der Waals surface area contributed by atoms with Gasteiger partial charge in [0.25, 0.3) is 0 Å². The number of allylic oxidation sites excluding steroid dienone is 2. The van der Waals surface area contributed by atoms with Gasteiger partial charge in [-0.15, -0.1) is 0 Å². The molecule has 0 amide bonds. The van der Waals surface area contributed by atoms with E-state index in [0.29, 0.717) is 17.8 Å². The zero-order valence-corrected chi connectivity index (χ0v) is 25.0. The van der Waals surface area contributed by atoms with E-state index in [9.17, 15) is 5.26 Å². The molecule has 224 valence electrons. The van der Waals surface area contributed by atoms with Crippen molar-refractivity contribution < 1.29 is 13.5 Å². The number of amidine groups is 1. The maximum atomic E-state index is 15.9. The average molecular weight is 585 g/mol. The molecule has 3 aliphatic heterocycles. The average Bonchev–Trinajstić information content (AvgIpc) is 3.76. The van der Waals surface area contributed by atoms with Crippen molar-refractivity contribution in [1.29, 1.82) is 5.26 Å². The van der Waals surface area contributed by atoms with Crippen LogP contribution in [0.15, 0.2) is 64.5 Å². The number of ether oxygens (including phenoxy) is 1. The summed E-state index contributed by atoms with van der Waals surface area (Å²) >= 11 is 0. The Bertz CT molecular complexity index is 1550. The van der Waals surface area contributed by atoms with Gasteiger partial charge in [0.2, 0.25) is 0 Å². The highest BCUT2D eigenvalue weighted by Gasteiger charge is 2.43. The Balaban J connectivity index is 1.25. The van der Waals surface area contributed by atoms with Crippen LogP contribution in [0.4, 0.5) is 14.5 Å². The first-order valence-corrected chi connectivity index (χ1v) is 15.2. The molecule has 43 heavy (non-hydrogen) atoms. The van der Waals surface area contributed by atoms with Crippen LogP contribution < -0.4 is 15.4 Å². The molecule has 7 nitrogen and oxygen atoms in total. The lowest BCUT2D eigenvalue weighted by molar-refractivity contribution is 0.132. The summed E-state index contributed by atoms with van der Waals surface area (Å²) in [6.45, 7) is 12.3. The van der Waals surface area contributed by atoms with Gasteiger partial charge in [-0.2, -0.15) is 5.26 Å². The molecule has 1 aliphatic carbocycles. The Morgan fingerprint density at radius 3 is 2.60 bits per heavy atom. The van der Waals surface area contributed by atoms with Crippen molar-refractivity contribution in [3.63, 3.8) is 0 Å². The summed E-state index contributed by atoms with van der Waals surface area (Å²) < 4.78 is 37.5. The molecule has 9 heteroatoms. The number of rotatable bonds is 6. The lowest BCUT2D eigenvalue weighted by Crippen LogP contribution is -2.45. The number of halogens is 2. The number of aliphatic imine (C=N–C) groups is 1. The van der Waals surface area contributed by atoms with Gasteiger partial charge >= 0.3 is 0 Å². The zero-order valence-electron chi connectivity index (χ0n) is 25.0. The van der Waals surface area contributed by atoms with Crippen molar-refractivity contribution in [2.24, 2.45) is 10.9 Å². The van der Waals surface area contributed by atoms with Crippen LogP contribution in [-0.4, -0.2) is 54.4 Å². The van der Waals surface area contributed by atoms with E-state index in [4.69, 9.17) is 4.74 Å². The summed E-state index contributed by atoms with van der Waals surface area (Å²) in [5.41, 5.74) is 3.65. The molecule has 2 unspecified atom stereocenters. The van der Waals surface area contributed by atoms with Crippen LogP contribution in [0.1, 0.15) is 56.3 Å². The van der Waals surface area contributed by atoms with E-state index in [-0.39, 0.29) is 40.6 Å². The third-order valence-electron chi connectivity index (χ3n) is 8.78. The number of hydrogen-bond acceptors (Lipinski definition) is 7. The van der Waals surface area contributed by atoms with Crippen molar-refractivity contribution in [1.82, 2.24) is 15.1 Å². The third kappa shape index (κ3) is 6.28. The summed E-state index contributed by atoms with van der Waals surface area (Å²) in [5, 5.41) is 16.8. The van der Waals surface area contributed by atoms with Gasteiger partial charge in [-0.25, -0.2) is 13.8 Å². The molecule has 2 aromatic carbocycles. The lowest BCUT2D eigenvalue weighted by Gasteiger charge is -2.34. The van der Waals surface area contributed by atoms with E-state index in [1.807, 2.05) is 32.1 Å². The van der Waals surface area contributed by atoms with E-state index in [0.717, 1.165) is 63.0 Å². The molecule has 2 aromatic rings. The molecule has 2 fully saturated rings. The number of anilines is 1. The zero-order chi connectivity index (χ0) is 30.1. The second kappa shape index (κ2) is 12.4. The topological polar surface area (TPSA) is 85.8 Å². The predicted octanol–water partition coefficient (Wildman–Crippen LogP) is 6.14. The first-order valence-electron chi connectivity index (χ1n) is 15.2. The summed E-state index contributed by atoms with van der Waals surface area (Å²) in [6.07, 6.45) is 6.52. The van der Waals surface area contributed by atoms with E-state index in [1.54, 1.807) is 12.3 Å². The maximum absolute atomic E-state index is 15.9. The molecule has 6 rings (SSSR count). The maximum Gasteiger partial charge on any atom is 0.173 e. The Kier molecular flexibility index (Phi) is 8.44. The number of benzene rings is 2. The van der Waals surface area contributed by atoms with Crippen molar-refractivity contribution >= 4 is 17.6 Å². The highest BCUT2D eigenvalue weighted by molar-refractivity contribution is 6.11. The number of piperazine rings is 1. The Hall–Kier alpha value is -3.84. The molecule has 3 heterocycles. The number of likely N-dealkylation sites (N-methyl/N-ethyl adjacent to an activating group) is 1. The number of hydrogen-bond donors (Lipinski definition) is 2. The van der Waals surface area contributed by atoms with Gasteiger partial charge in [-0.3, -0.25) is 4.90 Å². The molecule has 3 atom stereocenters. The monoisotopic (exact) mass is 584 g/mol. The first-order chi connectivity index (χ1) is 20.8. The fourth-order valence-corrected chi connectivity index (χ4v) is 6.21. The molecular formula is C34H38F2N6O. The second-order valence-corrected chi connectivity index (χ2v) is 11.9. The summed E-state index contributed by atoms with van der Waals surface area (Å²) in [5.74, 6) is -1.12. The van der Waals surface area contributed by atoms with Gasteiger partial charge in [0.1, 0.15) is 23.2 Å². The summed E-state index contributed by atoms with van der Waals surface area (Å²) in [7, 11) is 0. The highest BCUT2D eigenvalue weighted by atomic mass is 19.1. The smallest absolute Gasteiger partial charge is 0.173 e. The van der Waals surface area contributed by atoms with Gasteiger partial charge in [0.05, 0.1) is 6.04 Å². The molecule has 0 bridgehead atoms. The van der Waals surface area contributed by atoms with Gasteiger partial charge in [-0.05, 0) is 44.0 Å². The minimum absolute atomic E-state index is 0.124. The van der Waals surface area contributed by atoms with Crippen LogP contribution in [0.25, 0.3) is 6.08 Å². The Morgan fingerprint density at radius 1 is 1.14 bits per heavy atom. The minimum Gasteiger partial charge on any atom is -0.457 e. The van der Waals surface area contributed by atoms with E-state index in [2.05, 4.69) is 50.6 Å². The highest BCUT2D eigenvalue weighted by Crippen LogP contribution is 2.44. The van der Waals surface area contributed by atoms with Gasteiger partial charge in [0.15, 0.2) is 17.4 Å². The fraction of sp³-hybridized carbons (Fsp3) is 0.412. The first kappa shape index (κ1) is 29.2. The van der Waals surface area contributed by atoms with Gasteiger partial charge in [0, 0.05) is 73.8 Å². The second-order valence-electron chi connectivity index (χ2n) is 11.9. The van der Waals surface area contributed by atoms with E-state index < -0.39 is 11.6 Å². The van der Waals surface area contributed by atoms with Crippen LogP contribution >= 0.6 is 0 Å². The lowest BCUT2D eigenvalue weighted by atomic mass is 9.99. The molecule has 2 saturated heterocycles. The van der Waals surface area contributed by atoms with Crippen molar-refractivity contribution in [3.8, 4) is 11.8 Å². The van der Waals surface area contributed by atoms with Gasteiger partial charge < -0.3 is 20.3 Å². The molecule has 0 radical (unpaired) electrons. The molecule has 4 aliphatic rings. The van der Waals surface area contributed by atoms with Crippen LogP contribution in [-0.2, 0) is 6.54 Å². The summed E-state index contributed by atoms with van der Waals surface area (Å²) in [4.78, 5) is 9.42. The predicted molar refractivity (Wildman–Crippen MR) is 165 cm³/mol. The molecule has 0 spiro atoms. The SMILES string of the molecule is CCN1CCN(Cc2ccc(NC3=NC=CCC(C)C(Oc4cc(F)c5c(c4F)C=C(C)C[C@H]4NC54)=C3C#N)cc2)CC1. The van der Waals surface area contributed by atoms with Crippen LogP contribution in [0.2, 0.25) is 0 Å². The normalized spacial score (nSPS) is 24.0. The fourth-order valence-electron chi connectivity index (χ4n) is 6.21. The quantitative estimate of drug-likeness (QED) is 0.397. The van der Waals surface area contributed by atoms with E-state index >= 15 is 8.78 Å². The molecule has 0 saturated carbocycles. The summed E-state index contributed by atoms with van der Waals surface area (Å²) in [6, 6.07) is 11.3. The van der Waals surface area contributed by atoms with Crippen LogP contribution in [0.5, 0.6) is 5.75 Å².